The topological polar surface area (TPSA) is 358 Å². The summed E-state index contributed by atoms with van der Waals surface area (Å²) in [5, 5.41) is 31.9. The number of carbonyl (C=O) groups excluding carboxylic acids is 10. The fraction of sp³-hybridized carbons (Fsp3) is 0.761. The molecular formula is C46H83N13O11S. The number of likely N-dealkylation sites (N-methyl/N-ethyl adjacent to an activating group) is 2. The number of nitrogens with zero attached hydrogens (tertiary/aromatic N) is 3. The van der Waals surface area contributed by atoms with Gasteiger partial charge in [-0.05, 0) is 70.0 Å². The summed E-state index contributed by atoms with van der Waals surface area (Å²) in [6.07, 6.45) is 0.933. The van der Waals surface area contributed by atoms with Gasteiger partial charge in [0.1, 0.15) is 42.3 Å². The predicted octanol–water partition coefficient (Wildman–Crippen LogP) is -2.30. The molecule has 1 aliphatic heterocycles. The van der Waals surface area contributed by atoms with Crippen LogP contribution in [-0.2, 0) is 47.9 Å². The minimum Gasteiger partial charge on any atom is -0.391 e. The van der Waals surface area contributed by atoms with Crippen LogP contribution in [0.4, 0.5) is 0 Å². The Morgan fingerprint density at radius 2 is 1.34 bits per heavy atom. The minimum absolute atomic E-state index is 0.0858. The van der Waals surface area contributed by atoms with Crippen molar-refractivity contribution in [2.75, 3.05) is 51.3 Å². The Balaban J connectivity index is 3.31. The Bertz CT molecular complexity index is 1830. The van der Waals surface area contributed by atoms with Crippen molar-refractivity contribution in [2.24, 2.45) is 28.3 Å². The van der Waals surface area contributed by atoms with Crippen LogP contribution in [0.5, 0.6) is 0 Å². The number of guanidine groups is 1. The molecule has 1 saturated heterocycles. The number of hydrogen-bond acceptors (Lipinski definition) is 13. The van der Waals surface area contributed by atoms with Crippen LogP contribution in [0.1, 0.15) is 114 Å². The van der Waals surface area contributed by atoms with Gasteiger partial charge in [0.15, 0.2) is 5.96 Å². The molecule has 0 aromatic carbocycles. The summed E-state index contributed by atoms with van der Waals surface area (Å²) in [7, 11) is 1.43. The second-order valence-electron chi connectivity index (χ2n) is 18.2. The van der Waals surface area contributed by atoms with Gasteiger partial charge in [-0.15, -0.1) is 0 Å². The first kappa shape index (κ1) is 63.3. The van der Waals surface area contributed by atoms with E-state index in [4.69, 9.17) is 11.5 Å². The van der Waals surface area contributed by atoms with E-state index in [0.717, 1.165) is 4.90 Å². The maximum Gasteiger partial charge on any atom is 0.245 e. The van der Waals surface area contributed by atoms with Crippen molar-refractivity contribution >= 4 is 76.8 Å². The van der Waals surface area contributed by atoms with Crippen LogP contribution in [-0.4, -0.2) is 180 Å². The second-order valence-corrected chi connectivity index (χ2v) is 19.5. The number of thioether (sulfide) groups is 1. The summed E-state index contributed by atoms with van der Waals surface area (Å²) in [4.78, 5) is 140. The molecule has 0 bridgehead atoms. The normalized spacial score (nSPS) is 16.6. The molecule has 0 saturated carbocycles. The lowest BCUT2D eigenvalue weighted by molar-refractivity contribution is -0.142. The summed E-state index contributed by atoms with van der Waals surface area (Å²) in [6, 6.07) is -8.28. The lowest BCUT2D eigenvalue weighted by atomic mass is 9.96. The number of aliphatic hydroxyl groups excluding tert-OH is 1. The monoisotopic (exact) mass is 1030 g/mol. The molecule has 9 atom stereocenters. The SMILES string of the molecule is CCC[C@H](NC(=O)[C@@H](NC(=O)[C@@H](CC(C)C)NC(=O)[C@H](CSCC)NC(=O)CNC(=O)CN(C)C(C)=O)[C@@H](C)O)C(=O)N[C@H](C(=O)N[C@@H](CCCN=C(N)N)C(=O)N1CCC[C@H]1C(=O)NCC)[C@@H](C)CC. The van der Waals surface area contributed by atoms with Crippen LogP contribution < -0.4 is 54.0 Å². The number of carbonyl (C=O) groups is 10. The van der Waals surface area contributed by atoms with Crippen LogP contribution in [0.2, 0.25) is 0 Å². The van der Waals surface area contributed by atoms with E-state index in [1.807, 2.05) is 13.8 Å². The van der Waals surface area contributed by atoms with E-state index in [1.54, 1.807) is 34.6 Å². The van der Waals surface area contributed by atoms with Gasteiger partial charge in [-0.25, -0.2) is 0 Å². The van der Waals surface area contributed by atoms with Crippen molar-refractivity contribution in [1.29, 1.82) is 0 Å². The zero-order valence-corrected chi connectivity index (χ0v) is 44.1. The summed E-state index contributed by atoms with van der Waals surface area (Å²) in [5.41, 5.74) is 11.0. The van der Waals surface area contributed by atoms with Crippen LogP contribution in [0.25, 0.3) is 0 Å². The molecule has 0 aromatic heterocycles. The van der Waals surface area contributed by atoms with E-state index in [2.05, 4.69) is 47.5 Å². The number of nitrogens with one attached hydrogen (secondary N) is 8. The van der Waals surface area contributed by atoms with Crippen molar-refractivity contribution in [3.05, 3.63) is 0 Å². The smallest absolute Gasteiger partial charge is 0.245 e. The Kier molecular flexibility index (Phi) is 29.4. The van der Waals surface area contributed by atoms with E-state index in [1.165, 1.54) is 37.6 Å². The van der Waals surface area contributed by atoms with Gasteiger partial charge in [0, 0.05) is 39.4 Å². The van der Waals surface area contributed by atoms with Crippen molar-refractivity contribution < 1.29 is 53.1 Å². The van der Waals surface area contributed by atoms with E-state index < -0.39 is 108 Å². The largest absolute Gasteiger partial charge is 0.391 e. The Morgan fingerprint density at radius 3 is 1.90 bits per heavy atom. The quantitative estimate of drug-likeness (QED) is 0.0192. The molecule has 25 heteroatoms. The highest BCUT2D eigenvalue weighted by Crippen LogP contribution is 2.21. The van der Waals surface area contributed by atoms with Gasteiger partial charge in [0.2, 0.25) is 59.1 Å². The molecule has 10 amide bonds. The molecule has 1 aliphatic rings. The van der Waals surface area contributed by atoms with Crippen molar-refractivity contribution in [2.45, 2.75) is 162 Å². The van der Waals surface area contributed by atoms with Gasteiger partial charge in [-0.3, -0.25) is 52.9 Å². The van der Waals surface area contributed by atoms with E-state index in [0.29, 0.717) is 50.9 Å². The number of aliphatic imine (C=N–C) groups is 1. The molecule has 0 unspecified atom stereocenters. The van der Waals surface area contributed by atoms with Gasteiger partial charge >= 0.3 is 0 Å². The third kappa shape index (κ3) is 22.9. The average Bonchev–Trinajstić information content (AvgIpc) is 3.80. The molecule has 0 spiro atoms. The van der Waals surface area contributed by atoms with Crippen LogP contribution in [0.15, 0.2) is 4.99 Å². The third-order valence-corrected chi connectivity index (χ3v) is 12.6. The predicted molar refractivity (Wildman–Crippen MR) is 270 cm³/mol. The molecule has 1 rings (SSSR count). The van der Waals surface area contributed by atoms with Gasteiger partial charge in [0.05, 0.1) is 19.2 Å². The summed E-state index contributed by atoms with van der Waals surface area (Å²) >= 11 is 1.34. The fourth-order valence-corrected chi connectivity index (χ4v) is 8.16. The van der Waals surface area contributed by atoms with Gasteiger partial charge in [-0.2, -0.15) is 11.8 Å². The standard InChI is InChI=1S/C46H83N13O11S/c1-11-17-30(39(64)56-37(27(7)12-2)43(68)54-31(18-15-20-50-46(47)48)45(70)59-21-16-19-34(59)42(67)49-13-3)53-44(69)38(28(8)60)57-40(65)32(22-26(5)6)55-41(66)33(25-71-14-4)52-35(62)23-51-36(63)24-58(10)29(9)61/h26-28,30-34,37-38,60H,11-25H2,1-10H3,(H,49,67)(H,51,63)(H,52,62)(H,53,69)(H,54,68)(H,55,66)(H,56,64)(H,57,65)(H4,47,48,50)/t27-,28+,30-,31-,32+,33-,34-,37-,38-/m0/s1. The lowest BCUT2D eigenvalue weighted by Gasteiger charge is -2.31. The lowest BCUT2D eigenvalue weighted by Crippen LogP contribution is -2.62. The Morgan fingerprint density at radius 1 is 0.746 bits per heavy atom. The van der Waals surface area contributed by atoms with Crippen molar-refractivity contribution in [3.63, 3.8) is 0 Å². The molecule has 0 radical (unpaired) electrons. The van der Waals surface area contributed by atoms with Crippen LogP contribution in [0, 0.1) is 11.8 Å². The van der Waals surface area contributed by atoms with Crippen molar-refractivity contribution in [1.82, 2.24) is 52.3 Å². The molecule has 1 heterocycles. The molecule has 0 aromatic rings. The molecule has 404 valence electrons. The van der Waals surface area contributed by atoms with Crippen LogP contribution in [0.3, 0.4) is 0 Å². The zero-order valence-electron chi connectivity index (χ0n) is 43.3. The number of rotatable bonds is 32. The van der Waals surface area contributed by atoms with Gasteiger partial charge < -0.3 is 68.9 Å². The first-order valence-corrected chi connectivity index (χ1v) is 25.8. The molecular weight excluding hydrogens is 943 g/mol. The van der Waals surface area contributed by atoms with E-state index in [-0.39, 0.29) is 61.8 Å². The highest BCUT2D eigenvalue weighted by molar-refractivity contribution is 7.99. The zero-order chi connectivity index (χ0) is 54.0. The van der Waals surface area contributed by atoms with E-state index in [9.17, 15) is 53.1 Å². The second kappa shape index (κ2) is 33.0. The number of amides is 10. The molecule has 0 aliphatic carbocycles. The minimum atomic E-state index is -1.62. The number of nitrogens with two attached hydrogens (primary N) is 2. The highest BCUT2D eigenvalue weighted by atomic mass is 32.2. The molecule has 24 nitrogen and oxygen atoms in total. The number of aliphatic hydroxyl groups is 1. The first-order chi connectivity index (χ1) is 33.4. The van der Waals surface area contributed by atoms with Crippen LogP contribution >= 0.6 is 11.8 Å². The summed E-state index contributed by atoms with van der Waals surface area (Å²) in [6.45, 7) is 15.2. The molecule has 1 fully saturated rings. The van der Waals surface area contributed by atoms with E-state index >= 15 is 0 Å². The fourth-order valence-electron chi connectivity index (χ4n) is 7.45. The number of hydrogen-bond donors (Lipinski definition) is 11. The maximum absolute atomic E-state index is 14.2. The third-order valence-electron chi connectivity index (χ3n) is 11.7. The molecule has 13 N–H and O–H groups in total. The first-order valence-electron chi connectivity index (χ1n) is 24.6. The Hall–Kier alpha value is -5.72. The summed E-state index contributed by atoms with van der Waals surface area (Å²) < 4.78 is 0. The van der Waals surface area contributed by atoms with Gasteiger partial charge in [0.25, 0.3) is 0 Å². The number of likely N-dealkylation sites (tertiary alicyclic amines) is 1. The molecule has 71 heavy (non-hydrogen) atoms. The summed E-state index contributed by atoms with van der Waals surface area (Å²) in [5.74, 6) is -6.39. The average molecular weight is 1030 g/mol. The van der Waals surface area contributed by atoms with Gasteiger partial charge in [-0.1, -0.05) is 54.4 Å². The Labute approximate surface area is 422 Å². The van der Waals surface area contributed by atoms with Crippen molar-refractivity contribution in [3.8, 4) is 0 Å². The highest BCUT2D eigenvalue weighted by Gasteiger charge is 2.40. The maximum atomic E-state index is 14.2.